The van der Waals surface area contributed by atoms with Crippen molar-refractivity contribution in [3.63, 3.8) is 0 Å². The smallest absolute Gasteiger partial charge is 0.316 e. The van der Waals surface area contributed by atoms with Crippen molar-refractivity contribution in [1.82, 2.24) is 14.3 Å². The highest BCUT2D eigenvalue weighted by Gasteiger charge is 2.33. The van der Waals surface area contributed by atoms with E-state index >= 15 is 0 Å². The maximum Gasteiger partial charge on any atom is 0.316 e. The summed E-state index contributed by atoms with van der Waals surface area (Å²) in [6.07, 6.45) is 2.58. The molecule has 2 aromatic rings. The lowest BCUT2D eigenvalue weighted by Crippen LogP contribution is -2.44. The zero-order chi connectivity index (χ0) is 18.7. The third kappa shape index (κ3) is 3.91. The molecule has 1 aliphatic rings. The van der Waals surface area contributed by atoms with E-state index in [1.54, 1.807) is 0 Å². The SMILES string of the molecule is COc1ccc(F)cc1S(=O)(=O)N1CCC[C@@H](Oc2ncc(F)cn2)C1. The van der Waals surface area contributed by atoms with Crippen LogP contribution in [0.4, 0.5) is 8.78 Å². The largest absolute Gasteiger partial charge is 0.495 e. The van der Waals surface area contributed by atoms with Gasteiger partial charge < -0.3 is 9.47 Å². The number of piperidine rings is 1. The van der Waals surface area contributed by atoms with Crippen molar-refractivity contribution in [2.24, 2.45) is 0 Å². The maximum atomic E-state index is 13.6. The topological polar surface area (TPSA) is 81.6 Å². The van der Waals surface area contributed by atoms with Gasteiger partial charge in [0.05, 0.1) is 26.0 Å². The lowest BCUT2D eigenvalue weighted by molar-refractivity contribution is 0.118. The number of ether oxygens (including phenoxy) is 2. The van der Waals surface area contributed by atoms with Crippen molar-refractivity contribution in [1.29, 1.82) is 0 Å². The highest BCUT2D eigenvalue weighted by Crippen LogP contribution is 2.29. The van der Waals surface area contributed by atoms with Crippen LogP contribution in [0.2, 0.25) is 0 Å². The van der Waals surface area contributed by atoms with Gasteiger partial charge in [-0.05, 0) is 31.0 Å². The number of methoxy groups -OCH3 is 1. The van der Waals surface area contributed by atoms with Gasteiger partial charge in [0.1, 0.15) is 22.6 Å². The molecule has 3 rings (SSSR count). The Hall–Kier alpha value is -2.33. The summed E-state index contributed by atoms with van der Waals surface area (Å²) in [5.74, 6) is -1.20. The molecule has 0 N–H and O–H groups in total. The summed E-state index contributed by atoms with van der Waals surface area (Å²) in [6, 6.07) is 3.30. The second-order valence-corrected chi connectivity index (χ2v) is 7.63. The second-order valence-electron chi connectivity index (χ2n) is 5.72. The van der Waals surface area contributed by atoms with Gasteiger partial charge >= 0.3 is 6.01 Å². The van der Waals surface area contributed by atoms with Crippen molar-refractivity contribution in [2.45, 2.75) is 23.8 Å². The van der Waals surface area contributed by atoms with Crippen LogP contribution in [-0.2, 0) is 10.0 Å². The Morgan fingerprint density at radius 2 is 1.92 bits per heavy atom. The highest BCUT2D eigenvalue weighted by molar-refractivity contribution is 7.89. The van der Waals surface area contributed by atoms with Crippen molar-refractivity contribution in [2.75, 3.05) is 20.2 Å². The Kier molecular flexibility index (Phi) is 5.33. The normalized spacial score (nSPS) is 18.5. The quantitative estimate of drug-likeness (QED) is 0.783. The number of hydrogen-bond donors (Lipinski definition) is 0. The van der Waals surface area contributed by atoms with Crippen LogP contribution in [0.1, 0.15) is 12.8 Å². The van der Waals surface area contributed by atoms with E-state index < -0.39 is 27.8 Å². The Morgan fingerprint density at radius 3 is 2.62 bits per heavy atom. The lowest BCUT2D eigenvalue weighted by atomic mass is 10.1. The molecule has 0 unspecified atom stereocenters. The number of halogens is 2. The van der Waals surface area contributed by atoms with E-state index in [0.29, 0.717) is 12.8 Å². The third-order valence-electron chi connectivity index (χ3n) is 3.95. The molecule has 1 aromatic heterocycles. The number of benzene rings is 1. The third-order valence-corrected chi connectivity index (χ3v) is 5.84. The summed E-state index contributed by atoms with van der Waals surface area (Å²) in [5.41, 5.74) is 0. The van der Waals surface area contributed by atoms with Gasteiger partial charge in [-0.25, -0.2) is 27.2 Å². The zero-order valence-corrected chi connectivity index (χ0v) is 14.7. The van der Waals surface area contributed by atoms with Gasteiger partial charge in [-0.15, -0.1) is 0 Å². The summed E-state index contributed by atoms with van der Waals surface area (Å²) in [6.45, 7) is 0.314. The lowest BCUT2D eigenvalue weighted by Gasteiger charge is -2.31. The second kappa shape index (κ2) is 7.50. The van der Waals surface area contributed by atoms with E-state index in [1.807, 2.05) is 0 Å². The molecule has 0 bridgehead atoms. The first-order valence-corrected chi connectivity index (χ1v) is 9.32. The molecule has 0 spiro atoms. The number of nitrogens with zero attached hydrogens (tertiary/aromatic N) is 3. The average Bonchev–Trinajstić information content (AvgIpc) is 2.64. The molecule has 2 heterocycles. The molecule has 1 aliphatic heterocycles. The Bertz CT molecular complexity index is 878. The minimum absolute atomic E-state index is 0.0287. The summed E-state index contributed by atoms with van der Waals surface area (Å²) >= 11 is 0. The van der Waals surface area contributed by atoms with Gasteiger partial charge in [-0.2, -0.15) is 4.31 Å². The molecule has 1 atom stereocenters. The van der Waals surface area contributed by atoms with Gasteiger partial charge in [0.15, 0.2) is 5.82 Å². The summed E-state index contributed by atoms with van der Waals surface area (Å²) in [7, 11) is -2.65. The van der Waals surface area contributed by atoms with Crippen LogP contribution in [0.15, 0.2) is 35.5 Å². The number of hydrogen-bond acceptors (Lipinski definition) is 6. The molecule has 10 heteroatoms. The van der Waals surface area contributed by atoms with E-state index in [-0.39, 0.29) is 29.7 Å². The van der Waals surface area contributed by atoms with E-state index in [2.05, 4.69) is 9.97 Å². The standard InChI is InChI=1S/C16H17F2N3O4S/c1-24-14-5-4-11(17)7-15(14)26(22,23)21-6-2-3-13(10-21)25-16-19-8-12(18)9-20-16/h4-5,7-9,13H,2-3,6,10H2,1H3/t13-/m1/s1. The van der Waals surface area contributed by atoms with Crippen molar-refractivity contribution < 1.29 is 26.7 Å². The molecule has 140 valence electrons. The fourth-order valence-corrected chi connectivity index (χ4v) is 4.40. The average molecular weight is 385 g/mol. The Labute approximate surface area is 149 Å². The van der Waals surface area contributed by atoms with Gasteiger partial charge in [-0.3, -0.25) is 0 Å². The predicted octanol–water partition coefficient (Wildman–Crippen LogP) is 2.00. The zero-order valence-electron chi connectivity index (χ0n) is 13.9. The Balaban J connectivity index is 1.80. The molecule has 1 aromatic carbocycles. The van der Waals surface area contributed by atoms with E-state index in [4.69, 9.17) is 9.47 Å². The summed E-state index contributed by atoms with van der Waals surface area (Å²) in [4.78, 5) is 7.18. The molecule has 1 fully saturated rings. The first kappa shape index (κ1) is 18.5. The van der Waals surface area contributed by atoms with Crippen molar-refractivity contribution in [3.05, 3.63) is 42.2 Å². The van der Waals surface area contributed by atoms with Crippen LogP contribution in [0.3, 0.4) is 0 Å². The molecular formula is C16H17F2N3O4S. The van der Waals surface area contributed by atoms with Gasteiger partial charge in [0, 0.05) is 6.54 Å². The monoisotopic (exact) mass is 385 g/mol. The van der Waals surface area contributed by atoms with Crippen LogP contribution >= 0.6 is 0 Å². The van der Waals surface area contributed by atoms with E-state index in [1.165, 1.54) is 17.5 Å². The maximum absolute atomic E-state index is 13.6. The van der Waals surface area contributed by atoms with E-state index in [9.17, 15) is 17.2 Å². The van der Waals surface area contributed by atoms with Crippen LogP contribution < -0.4 is 9.47 Å². The summed E-state index contributed by atoms with van der Waals surface area (Å²) < 4.78 is 64.1. The van der Waals surface area contributed by atoms with Gasteiger partial charge in [0.2, 0.25) is 10.0 Å². The van der Waals surface area contributed by atoms with E-state index in [0.717, 1.165) is 24.5 Å². The molecule has 0 saturated carbocycles. The molecule has 0 aliphatic carbocycles. The first-order valence-electron chi connectivity index (χ1n) is 7.88. The number of rotatable bonds is 5. The minimum Gasteiger partial charge on any atom is -0.495 e. The summed E-state index contributed by atoms with van der Waals surface area (Å²) in [5, 5.41) is 0. The van der Waals surface area contributed by atoms with Gasteiger partial charge in [-0.1, -0.05) is 0 Å². The fourth-order valence-electron chi connectivity index (χ4n) is 2.72. The molecule has 0 amide bonds. The molecule has 0 radical (unpaired) electrons. The molecule has 1 saturated heterocycles. The minimum atomic E-state index is -3.97. The van der Waals surface area contributed by atoms with Crippen LogP contribution in [0.25, 0.3) is 0 Å². The van der Waals surface area contributed by atoms with Crippen molar-refractivity contribution in [3.8, 4) is 11.8 Å². The van der Waals surface area contributed by atoms with Gasteiger partial charge in [0.25, 0.3) is 0 Å². The van der Waals surface area contributed by atoms with Crippen LogP contribution in [0.5, 0.6) is 11.8 Å². The van der Waals surface area contributed by atoms with Crippen LogP contribution in [0, 0.1) is 11.6 Å². The first-order chi connectivity index (χ1) is 12.4. The van der Waals surface area contributed by atoms with Crippen LogP contribution in [-0.4, -0.2) is 49.0 Å². The molecule has 26 heavy (non-hydrogen) atoms. The highest BCUT2D eigenvalue weighted by atomic mass is 32.2. The fraction of sp³-hybridized carbons (Fsp3) is 0.375. The Morgan fingerprint density at radius 1 is 1.19 bits per heavy atom. The molecule has 7 nitrogen and oxygen atoms in total. The number of aromatic nitrogens is 2. The van der Waals surface area contributed by atoms with Crippen molar-refractivity contribution >= 4 is 10.0 Å². The predicted molar refractivity (Wildman–Crippen MR) is 87.4 cm³/mol. The molecular weight excluding hydrogens is 368 g/mol. The number of sulfonamides is 1.